The Morgan fingerprint density at radius 2 is 2.07 bits per heavy atom. The highest BCUT2D eigenvalue weighted by atomic mass is 19.1. The zero-order valence-electron chi connectivity index (χ0n) is 8.71. The van der Waals surface area contributed by atoms with Gasteiger partial charge in [0, 0.05) is 32.6 Å². The molecule has 2 N–H and O–H groups in total. The minimum Gasteiger partial charge on any atom is -0.381 e. The molecule has 15 heavy (non-hydrogen) atoms. The minimum absolute atomic E-state index is 0.445. The smallest absolute Gasteiger partial charge is 0.140 e. The first kappa shape index (κ1) is 10.6. The summed E-state index contributed by atoms with van der Waals surface area (Å²) in [6.07, 6.45) is 0.891. The molecule has 1 aromatic rings. The Morgan fingerprint density at radius 1 is 1.33 bits per heavy atom. The molecule has 0 radical (unpaired) electrons. The van der Waals surface area contributed by atoms with Gasteiger partial charge in [0.05, 0.1) is 0 Å². The maximum Gasteiger partial charge on any atom is 0.140 e. The molecule has 1 aliphatic heterocycles. The first-order valence-electron chi connectivity index (χ1n) is 5.31. The number of hydrogen-bond acceptors (Lipinski definition) is 2. The van der Waals surface area contributed by atoms with Crippen LogP contribution in [0.5, 0.6) is 0 Å². The quantitative estimate of drug-likeness (QED) is 0.809. The zero-order chi connectivity index (χ0) is 10.7. The van der Waals surface area contributed by atoms with E-state index in [1.54, 1.807) is 0 Å². The molecule has 0 unspecified atom stereocenters. The van der Waals surface area contributed by atoms with Crippen LogP contribution in [0, 0.1) is 0 Å². The van der Waals surface area contributed by atoms with Gasteiger partial charge in [0.25, 0.3) is 0 Å². The lowest BCUT2D eigenvalue weighted by molar-refractivity contribution is -0.0115. The SMILES string of the molecule is NCc1cccc(C2(F)CCOCC2)c1. The second-order valence-electron chi connectivity index (χ2n) is 3.98. The van der Waals surface area contributed by atoms with Gasteiger partial charge >= 0.3 is 0 Å². The number of benzene rings is 1. The van der Waals surface area contributed by atoms with Gasteiger partial charge in [-0.3, -0.25) is 0 Å². The van der Waals surface area contributed by atoms with Gasteiger partial charge in [-0.1, -0.05) is 24.3 Å². The van der Waals surface area contributed by atoms with Crippen LogP contribution >= 0.6 is 0 Å². The molecule has 0 aliphatic carbocycles. The molecule has 0 bridgehead atoms. The lowest BCUT2D eigenvalue weighted by Gasteiger charge is -2.30. The summed E-state index contributed by atoms with van der Waals surface area (Å²) in [6.45, 7) is 1.47. The monoisotopic (exact) mass is 209 g/mol. The Kier molecular flexibility index (Phi) is 3.03. The van der Waals surface area contributed by atoms with Crippen LogP contribution in [0.3, 0.4) is 0 Å². The number of rotatable bonds is 2. The number of hydrogen-bond donors (Lipinski definition) is 1. The molecule has 82 valence electrons. The maximum atomic E-state index is 14.5. The van der Waals surface area contributed by atoms with Crippen molar-refractivity contribution in [1.82, 2.24) is 0 Å². The van der Waals surface area contributed by atoms with E-state index in [4.69, 9.17) is 10.5 Å². The van der Waals surface area contributed by atoms with E-state index in [1.807, 2.05) is 24.3 Å². The number of halogens is 1. The first-order chi connectivity index (χ1) is 7.24. The van der Waals surface area contributed by atoms with Gasteiger partial charge < -0.3 is 10.5 Å². The average Bonchev–Trinajstić information content (AvgIpc) is 2.30. The third-order valence-corrected chi connectivity index (χ3v) is 2.97. The largest absolute Gasteiger partial charge is 0.381 e. The molecule has 1 fully saturated rings. The Hall–Kier alpha value is -0.930. The topological polar surface area (TPSA) is 35.2 Å². The molecule has 3 heteroatoms. The second kappa shape index (κ2) is 4.29. The van der Waals surface area contributed by atoms with Crippen LogP contribution < -0.4 is 5.73 Å². The summed E-state index contributed by atoms with van der Waals surface area (Å²) < 4.78 is 19.7. The van der Waals surface area contributed by atoms with Crippen LogP contribution in [0.15, 0.2) is 24.3 Å². The van der Waals surface area contributed by atoms with E-state index in [2.05, 4.69) is 0 Å². The molecule has 1 aromatic carbocycles. The third-order valence-electron chi connectivity index (χ3n) is 2.97. The van der Waals surface area contributed by atoms with Crippen molar-refractivity contribution in [2.75, 3.05) is 13.2 Å². The van der Waals surface area contributed by atoms with Crippen molar-refractivity contribution in [3.8, 4) is 0 Å². The van der Waals surface area contributed by atoms with Crippen LogP contribution in [0.2, 0.25) is 0 Å². The van der Waals surface area contributed by atoms with Gasteiger partial charge in [0.1, 0.15) is 5.67 Å². The highest BCUT2D eigenvalue weighted by Crippen LogP contribution is 2.36. The van der Waals surface area contributed by atoms with Gasteiger partial charge in [-0.25, -0.2) is 4.39 Å². The van der Waals surface area contributed by atoms with Crippen LogP contribution in [0.1, 0.15) is 24.0 Å². The Morgan fingerprint density at radius 3 is 2.73 bits per heavy atom. The van der Waals surface area contributed by atoms with E-state index in [-0.39, 0.29) is 0 Å². The van der Waals surface area contributed by atoms with E-state index >= 15 is 0 Å². The van der Waals surface area contributed by atoms with E-state index in [0.29, 0.717) is 32.6 Å². The zero-order valence-corrected chi connectivity index (χ0v) is 8.71. The Bertz CT molecular complexity index is 334. The molecule has 0 saturated carbocycles. The van der Waals surface area contributed by atoms with Crippen molar-refractivity contribution in [3.63, 3.8) is 0 Å². The summed E-state index contributed by atoms with van der Waals surface area (Å²) in [7, 11) is 0. The fourth-order valence-electron chi connectivity index (χ4n) is 1.96. The van der Waals surface area contributed by atoms with Gasteiger partial charge in [-0.15, -0.1) is 0 Å². The second-order valence-corrected chi connectivity index (χ2v) is 3.98. The minimum atomic E-state index is -1.22. The van der Waals surface area contributed by atoms with Crippen molar-refractivity contribution in [1.29, 1.82) is 0 Å². The number of alkyl halides is 1. The van der Waals surface area contributed by atoms with Crippen molar-refractivity contribution in [3.05, 3.63) is 35.4 Å². The summed E-state index contributed by atoms with van der Waals surface area (Å²) >= 11 is 0. The highest BCUT2D eigenvalue weighted by Gasteiger charge is 2.34. The predicted molar refractivity (Wildman–Crippen MR) is 57.2 cm³/mol. The van der Waals surface area contributed by atoms with Crippen molar-refractivity contribution < 1.29 is 9.13 Å². The predicted octanol–water partition coefficient (Wildman–Crippen LogP) is 2.12. The van der Waals surface area contributed by atoms with Crippen LogP contribution in [-0.4, -0.2) is 13.2 Å². The molecule has 1 heterocycles. The number of nitrogens with two attached hydrogens (primary N) is 1. The summed E-state index contributed by atoms with van der Waals surface area (Å²) in [5, 5.41) is 0. The normalized spacial score (nSPS) is 20.1. The van der Waals surface area contributed by atoms with Crippen molar-refractivity contribution in [2.45, 2.75) is 25.1 Å². The molecule has 0 atom stereocenters. The fourth-order valence-corrected chi connectivity index (χ4v) is 1.96. The Labute approximate surface area is 89.2 Å². The molecule has 1 saturated heterocycles. The third kappa shape index (κ3) is 2.19. The van der Waals surface area contributed by atoms with E-state index in [0.717, 1.165) is 11.1 Å². The van der Waals surface area contributed by atoms with Gasteiger partial charge in [-0.2, -0.15) is 0 Å². The molecular formula is C12H16FNO. The summed E-state index contributed by atoms with van der Waals surface area (Å²) in [5.74, 6) is 0. The maximum absolute atomic E-state index is 14.5. The molecule has 1 aliphatic rings. The van der Waals surface area contributed by atoms with Crippen molar-refractivity contribution in [2.24, 2.45) is 5.73 Å². The molecule has 0 amide bonds. The summed E-state index contributed by atoms with van der Waals surface area (Å²) in [6, 6.07) is 7.50. The van der Waals surface area contributed by atoms with Crippen LogP contribution in [-0.2, 0) is 17.0 Å². The first-order valence-corrected chi connectivity index (χ1v) is 5.31. The molecular weight excluding hydrogens is 193 g/mol. The average molecular weight is 209 g/mol. The standard InChI is InChI=1S/C12H16FNO/c13-12(4-6-15-7-5-12)11-3-1-2-10(8-11)9-14/h1-3,8H,4-7,9,14H2. The van der Waals surface area contributed by atoms with Gasteiger partial charge in [-0.05, 0) is 11.1 Å². The highest BCUT2D eigenvalue weighted by molar-refractivity contribution is 5.28. The Balaban J connectivity index is 2.26. The summed E-state index contributed by atoms with van der Waals surface area (Å²) in [4.78, 5) is 0. The van der Waals surface area contributed by atoms with Gasteiger partial charge in [0.2, 0.25) is 0 Å². The van der Waals surface area contributed by atoms with Crippen LogP contribution in [0.4, 0.5) is 4.39 Å². The molecule has 2 rings (SSSR count). The van der Waals surface area contributed by atoms with E-state index in [1.165, 1.54) is 0 Å². The fraction of sp³-hybridized carbons (Fsp3) is 0.500. The van der Waals surface area contributed by atoms with Gasteiger partial charge in [0.15, 0.2) is 0 Å². The molecule has 0 spiro atoms. The lowest BCUT2D eigenvalue weighted by Crippen LogP contribution is -2.29. The molecule has 0 aromatic heterocycles. The summed E-state index contributed by atoms with van der Waals surface area (Å²) in [5.41, 5.74) is 6.05. The number of ether oxygens (including phenoxy) is 1. The molecule has 2 nitrogen and oxygen atoms in total. The van der Waals surface area contributed by atoms with E-state index in [9.17, 15) is 4.39 Å². The van der Waals surface area contributed by atoms with E-state index < -0.39 is 5.67 Å². The van der Waals surface area contributed by atoms with Crippen molar-refractivity contribution >= 4 is 0 Å². The van der Waals surface area contributed by atoms with Crippen LogP contribution in [0.25, 0.3) is 0 Å². The lowest BCUT2D eigenvalue weighted by atomic mass is 9.87.